The Kier molecular flexibility index (Phi) is 4.24. The van der Waals surface area contributed by atoms with Gasteiger partial charge in [0.2, 0.25) is 0 Å². The van der Waals surface area contributed by atoms with Gasteiger partial charge in [-0.3, -0.25) is 4.79 Å². The Morgan fingerprint density at radius 2 is 2.00 bits per heavy atom. The number of amides is 1. The van der Waals surface area contributed by atoms with E-state index in [2.05, 4.69) is 15.6 Å². The number of rotatable bonds is 3. The van der Waals surface area contributed by atoms with Crippen molar-refractivity contribution in [1.82, 2.24) is 4.98 Å². The Bertz CT molecular complexity index is 617. The number of benzene rings is 1. The van der Waals surface area contributed by atoms with Gasteiger partial charge in [-0.25, -0.2) is 4.98 Å². The number of halogens is 2. The maximum absolute atomic E-state index is 12.1. The van der Waals surface area contributed by atoms with Crippen molar-refractivity contribution in [2.45, 2.75) is 0 Å². The van der Waals surface area contributed by atoms with E-state index in [0.717, 1.165) is 0 Å². The summed E-state index contributed by atoms with van der Waals surface area (Å²) in [5.41, 5.74) is 0.749. The molecule has 1 aromatic heterocycles. The molecule has 1 heterocycles. The number of nitrogens with one attached hydrogen (secondary N) is 2. The van der Waals surface area contributed by atoms with Crippen LogP contribution < -0.4 is 10.6 Å². The van der Waals surface area contributed by atoms with Crippen molar-refractivity contribution >= 4 is 40.6 Å². The summed E-state index contributed by atoms with van der Waals surface area (Å²) in [6.45, 7) is 0. The van der Waals surface area contributed by atoms with Crippen LogP contribution in [0.2, 0.25) is 10.0 Å². The molecule has 0 aliphatic heterocycles. The van der Waals surface area contributed by atoms with E-state index in [1.54, 1.807) is 43.4 Å². The lowest BCUT2D eigenvalue weighted by molar-refractivity contribution is 0.102. The second-order valence-corrected chi connectivity index (χ2v) is 4.59. The third kappa shape index (κ3) is 3.36. The van der Waals surface area contributed by atoms with E-state index in [1.165, 1.54) is 0 Å². The average molecular weight is 296 g/mol. The van der Waals surface area contributed by atoms with Crippen molar-refractivity contribution in [2.75, 3.05) is 17.7 Å². The van der Waals surface area contributed by atoms with Crippen LogP contribution in [0.15, 0.2) is 36.4 Å². The van der Waals surface area contributed by atoms with E-state index >= 15 is 0 Å². The summed E-state index contributed by atoms with van der Waals surface area (Å²) in [5, 5.41) is 6.38. The number of carbonyl (C=O) groups is 1. The number of pyridine rings is 1. The van der Waals surface area contributed by atoms with Gasteiger partial charge in [-0.1, -0.05) is 29.3 Å². The molecule has 98 valence electrons. The van der Waals surface area contributed by atoms with Crippen LogP contribution in [0.1, 0.15) is 10.5 Å². The number of carbonyl (C=O) groups excluding carboxylic acids is 1. The summed E-state index contributed by atoms with van der Waals surface area (Å²) in [6, 6.07) is 10.2. The Balaban J connectivity index is 2.25. The van der Waals surface area contributed by atoms with Crippen LogP contribution in [0.4, 0.5) is 11.5 Å². The van der Waals surface area contributed by atoms with Crippen molar-refractivity contribution in [3.63, 3.8) is 0 Å². The lowest BCUT2D eigenvalue weighted by atomic mass is 10.3. The van der Waals surface area contributed by atoms with Crippen molar-refractivity contribution in [3.05, 3.63) is 52.1 Å². The molecule has 0 atom stereocenters. The molecule has 6 heteroatoms. The van der Waals surface area contributed by atoms with Gasteiger partial charge < -0.3 is 10.6 Å². The summed E-state index contributed by atoms with van der Waals surface area (Å²) < 4.78 is 0. The fraction of sp³-hybridized carbons (Fsp3) is 0.0769. The normalized spacial score (nSPS) is 10.1. The molecule has 0 bridgehead atoms. The van der Waals surface area contributed by atoms with Gasteiger partial charge >= 0.3 is 0 Å². The van der Waals surface area contributed by atoms with Crippen LogP contribution >= 0.6 is 23.2 Å². The van der Waals surface area contributed by atoms with Crippen LogP contribution in [-0.4, -0.2) is 17.9 Å². The van der Waals surface area contributed by atoms with E-state index in [-0.39, 0.29) is 11.6 Å². The largest absolute Gasteiger partial charge is 0.373 e. The number of hydrogen-bond acceptors (Lipinski definition) is 3. The van der Waals surface area contributed by atoms with Crippen LogP contribution in [-0.2, 0) is 0 Å². The van der Waals surface area contributed by atoms with Gasteiger partial charge in [0.05, 0.1) is 5.02 Å². The highest BCUT2D eigenvalue weighted by atomic mass is 35.5. The third-order valence-corrected chi connectivity index (χ3v) is 2.94. The van der Waals surface area contributed by atoms with E-state index in [4.69, 9.17) is 23.2 Å². The molecule has 0 fully saturated rings. The fourth-order valence-corrected chi connectivity index (χ4v) is 1.88. The first-order chi connectivity index (χ1) is 9.10. The minimum absolute atomic E-state index is 0.161. The Labute approximate surface area is 120 Å². The fourth-order valence-electron chi connectivity index (χ4n) is 1.50. The summed E-state index contributed by atoms with van der Waals surface area (Å²) in [7, 11) is 1.72. The molecule has 19 heavy (non-hydrogen) atoms. The average Bonchev–Trinajstić information content (AvgIpc) is 2.39. The zero-order chi connectivity index (χ0) is 13.8. The number of aromatic nitrogens is 1. The van der Waals surface area contributed by atoms with Gasteiger partial charge in [-0.05, 0) is 30.3 Å². The molecule has 4 nitrogen and oxygen atoms in total. The molecule has 0 aliphatic carbocycles. The lowest BCUT2D eigenvalue weighted by Gasteiger charge is -2.08. The predicted molar refractivity (Wildman–Crippen MR) is 78.2 cm³/mol. The van der Waals surface area contributed by atoms with Gasteiger partial charge in [-0.15, -0.1) is 0 Å². The molecule has 0 aliphatic rings. The number of nitrogens with zero attached hydrogens (tertiary/aromatic N) is 1. The molecule has 2 rings (SSSR count). The van der Waals surface area contributed by atoms with Crippen molar-refractivity contribution in [1.29, 1.82) is 0 Å². The molecule has 1 amide bonds. The second kappa shape index (κ2) is 5.91. The maximum Gasteiger partial charge on any atom is 0.275 e. The molecule has 1 aromatic carbocycles. The SMILES string of the molecule is CNc1ccc(Cl)c(C(=O)Nc2cccc(Cl)c2)n1. The minimum atomic E-state index is -0.385. The summed E-state index contributed by atoms with van der Waals surface area (Å²) >= 11 is 11.8. The molecule has 0 saturated heterocycles. The van der Waals surface area contributed by atoms with Crippen molar-refractivity contribution in [2.24, 2.45) is 0 Å². The monoisotopic (exact) mass is 295 g/mol. The topological polar surface area (TPSA) is 54.0 Å². The standard InChI is InChI=1S/C13H11Cl2N3O/c1-16-11-6-5-10(15)12(18-11)13(19)17-9-4-2-3-8(14)7-9/h2-7H,1H3,(H,16,18)(H,17,19). The molecular weight excluding hydrogens is 285 g/mol. The van der Waals surface area contributed by atoms with E-state index in [0.29, 0.717) is 21.6 Å². The smallest absolute Gasteiger partial charge is 0.275 e. The molecular formula is C13H11Cl2N3O. The van der Waals surface area contributed by atoms with Crippen LogP contribution in [0.3, 0.4) is 0 Å². The molecule has 0 saturated carbocycles. The predicted octanol–water partition coefficient (Wildman–Crippen LogP) is 3.68. The maximum atomic E-state index is 12.1. The number of hydrogen-bond donors (Lipinski definition) is 2. The second-order valence-electron chi connectivity index (χ2n) is 3.74. The van der Waals surface area contributed by atoms with Gasteiger partial charge in [0, 0.05) is 17.8 Å². The van der Waals surface area contributed by atoms with Gasteiger partial charge in [0.25, 0.3) is 5.91 Å². The first-order valence-corrected chi connectivity index (χ1v) is 6.27. The summed E-state index contributed by atoms with van der Waals surface area (Å²) in [5.74, 6) is 0.185. The minimum Gasteiger partial charge on any atom is -0.373 e. The van der Waals surface area contributed by atoms with Crippen LogP contribution in [0.25, 0.3) is 0 Å². The van der Waals surface area contributed by atoms with E-state index in [1.807, 2.05) is 0 Å². The summed E-state index contributed by atoms with van der Waals surface area (Å²) in [6.07, 6.45) is 0. The first kappa shape index (κ1) is 13.6. The molecule has 0 radical (unpaired) electrons. The molecule has 0 unspecified atom stereocenters. The number of anilines is 2. The quantitative estimate of drug-likeness (QED) is 0.908. The molecule has 2 N–H and O–H groups in total. The van der Waals surface area contributed by atoms with Crippen molar-refractivity contribution in [3.8, 4) is 0 Å². The summed E-state index contributed by atoms with van der Waals surface area (Å²) in [4.78, 5) is 16.2. The zero-order valence-electron chi connectivity index (χ0n) is 10.1. The Morgan fingerprint density at radius 3 is 2.68 bits per heavy atom. The highest BCUT2D eigenvalue weighted by Crippen LogP contribution is 2.19. The van der Waals surface area contributed by atoms with Crippen molar-refractivity contribution < 1.29 is 4.79 Å². The highest BCUT2D eigenvalue weighted by molar-refractivity contribution is 6.34. The van der Waals surface area contributed by atoms with Gasteiger partial charge in [0.15, 0.2) is 0 Å². The van der Waals surface area contributed by atoms with E-state index in [9.17, 15) is 4.79 Å². The molecule has 0 spiro atoms. The van der Waals surface area contributed by atoms with Crippen LogP contribution in [0, 0.1) is 0 Å². The molecule has 2 aromatic rings. The third-order valence-electron chi connectivity index (χ3n) is 2.40. The Morgan fingerprint density at radius 1 is 1.21 bits per heavy atom. The van der Waals surface area contributed by atoms with E-state index < -0.39 is 0 Å². The first-order valence-electron chi connectivity index (χ1n) is 5.51. The van der Waals surface area contributed by atoms with Crippen LogP contribution in [0.5, 0.6) is 0 Å². The Hall–Kier alpha value is -1.78. The van der Waals surface area contributed by atoms with Gasteiger partial charge in [0.1, 0.15) is 11.5 Å². The van der Waals surface area contributed by atoms with Gasteiger partial charge in [-0.2, -0.15) is 0 Å². The highest BCUT2D eigenvalue weighted by Gasteiger charge is 2.13. The lowest BCUT2D eigenvalue weighted by Crippen LogP contribution is -2.15. The zero-order valence-corrected chi connectivity index (χ0v) is 11.6.